The van der Waals surface area contributed by atoms with Gasteiger partial charge in [-0.25, -0.2) is 4.98 Å². The highest BCUT2D eigenvalue weighted by Crippen LogP contribution is 2.41. The van der Waals surface area contributed by atoms with Gasteiger partial charge in [0.2, 0.25) is 0 Å². The lowest BCUT2D eigenvalue weighted by Crippen LogP contribution is -2.46. The van der Waals surface area contributed by atoms with Gasteiger partial charge in [-0.3, -0.25) is 0 Å². The molecule has 0 aliphatic carbocycles. The summed E-state index contributed by atoms with van der Waals surface area (Å²) in [5, 5.41) is 9.23. The molecule has 2 saturated heterocycles. The number of alkyl halides is 6. The van der Waals surface area contributed by atoms with Crippen molar-refractivity contribution in [3.63, 3.8) is 0 Å². The number of aromatic nitrogens is 1. The van der Waals surface area contributed by atoms with E-state index in [1.54, 1.807) is 6.07 Å². The van der Waals surface area contributed by atoms with E-state index < -0.39 is 23.5 Å². The Morgan fingerprint density at radius 3 is 2.06 bits per heavy atom. The van der Waals surface area contributed by atoms with E-state index in [0.717, 1.165) is 43.3 Å². The van der Waals surface area contributed by atoms with Crippen LogP contribution in [0.25, 0.3) is 0 Å². The van der Waals surface area contributed by atoms with Crippen molar-refractivity contribution in [2.45, 2.75) is 56.2 Å². The third kappa shape index (κ3) is 4.27. The van der Waals surface area contributed by atoms with Gasteiger partial charge in [0, 0.05) is 31.1 Å². The van der Waals surface area contributed by atoms with Gasteiger partial charge in [0.15, 0.2) is 0 Å². The zero-order chi connectivity index (χ0) is 22.4. The van der Waals surface area contributed by atoms with E-state index in [0.29, 0.717) is 18.7 Å². The third-order valence-corrected chi connectivity index (χ3v) is 5.75. The summed E-state index contributed by atoms with van der Waals surface area (Å²) < 4.78 is 82.9. The molecule has 3 heterocycles. The molecule has 164 valence electrons. The Hall–Kier alpha value is -2.96. The minimum atomic E-state index is -4.55. The molecular weight excluding hydrogens is 424 g/mol. The van der Waals surface area contributed by atoms with Crippen LogP contribution in [-0.4, -0.2) is 23.2 Å². The van der Waals surface area contributed by atoms with Gasteiger partial charge in [-0.2, -0.15) is 31.6 Å². The number of fused-ring (bicyclic) bond motifs is 2. The molecule has 1 aromatic carbocycles. The predicted molar refractivity (Wildman–Crippen MR) is 98.3 cm³/mol. The van der Waals surface area contributed by atoms with Gasteiger partial charge in [-0.15, -0.1) is 0 Å². The van der Waals surface area contributed by atoms with Crippen molar-refractivity contribution in [1.29, 1.82) is 5.26 Å². The third-order valence-electron chi connectivity index (χ3n) is 5.75. The first-order chi connectivity index (χ1) is 14.6. The number of piperidine rings is 1. The van der Waals surface area contributed by atoms with Crippen LogP contribution in [0.5, 0.6) is 5.75 Å². The number of halogens is 6. The van der Waals surface area contributed by atoms with Crippen LogP contribution in [0, 0.1) is 11.3 Å². The molecule has 0 saturated carbocycles. The molecule has 2 aliphatic heterocycles. The number of rotatable bonds is 3. The average Bonchev–Trinajstić information content (AvgIpc) is 2.97. The molecule has 2 unspecified atom stereocenters. The fourth-order valence-electron chi connectivity index (χ4n) is 4.38. The molecule has 10 heteroatoms. The summed E-state index contributed by atoms with van der Waals surface area (Å²) in [6.45, 7) is 0. The fraction of sp³-hybridized carbons (Fsp3) is 0.429. The maximum atomic E-state index is 12.9. The molecule has 31 heavy (non-hydrogen) atoms. The van der Waals surface area contributed by atoms with Crippen LogP contribution in [-0.2, 0) is 12.4 Å². The van der Waals surface area contributed by atoms with Crippen LogP contribution in [0.1, 0.15) is 42.4 Å². The lowest BCUT2D eigenvalue weighted by Gasteiger charge is -2.39. The molecule has 3 atom stereocenters. The summed E-state index contributed by atoms with van der Waals surface area (Å²) in [5.74, 6) is 0.562. The van der Waals surface area contributed by atoms with E-state index >= 15 is 0 Å². The van der Waals surface area contributed by atoms with Crippen molar-refractivity contribution in [2.24, 2.45) is 0 Å². The minimum absolute atomic E-state index is 0.00651. The second kappa shape index (κ2) is 7.62. The molecule has 2 aromatic rings. The minimum Gasteiger partial charge on any atom is -0.489 e. The highest BCUT2D eigenvalue weighted by molar-refractivity contribution is 5.47. The Labute approximate surface area is 174 Å². The first kappa shape index (κ1) is 21.3. The summed E-state index contributed by atoms with van der Waals surface area (Å²) in [7, 11) is 0. The smallest absolute Gasteiger partial charge is 0.417 e. The zero-order valence-electron chi connectivity index (χ0n) is 16.0. The lowest BCUT2D eigenvalue weighted by molar-refractivity contribution is -0.138. The highest BCUT2D eigenvalue weighted by Gasteiger charge is 2.43. The monoisotopic (exact) mass is 441 g/mol. The van der Waals surface area contributed by atoms with Crippen molar-refractivity contribution in [3.8, 4) is 11.8 Å². The fourth-order valence-corrected chi connectivity index (χ4v) is 4.38. The maximum Gasteiger partial charge on any atom is 0.417 e. The summed E-state index contributed by atoms with van der Waals surface area (Å²) in [5.41, 5.74) is -1.91. The average molecular weight is 441 g/mol. The number of benzene rings is 1. The SMILES string of the molecule is N#Cc1cc(C(F)(F)F)ccc1OC1CC2CC[C@H](C1)N2c1ccc(C(F)(F)F)cn1. The zero-order valence-corrected chi connectivity index (χ0v) is 16.0. The molecular formula is C21H17F6N3O. The van der Waals surface area contributed by atoms with E-state index in [9.17, 15) is 31.6 Å². The van der Waals surface area contributed by atoms with Crippen LogP contribution >= 0.6 is 0 Å². The molecule has 0 N–H and O–H groups in total. The number of nitriles is 1. The van der Waals surface area contributed by atoms with Crippen molar-refractivity contribution >= 4 is 5.82 Å². The largest absolute Gasteiger partial charge is 0.489 e. The molecule has 0 radical (unpaired) electrons. The molecule has 0 amide bonds. The van der Waals surface area contributed by atoms with Crippen LogP contribution in [0.15, 0.2) is 36.5 Å². The van der Waals surface area contributed by atoms with E-state index in [4.69, 9.17) is 4.74 Å². The quantitative estimate of drug-likeness (QED) is 0.585. The Morgan fingerprint density at radius 1 is 0.935 bits per heavy atom. The molecule has 2 bridgehead atoms. The molecule has 4 nitrogen and oxygen atoms in total. The highest BCUT2D eigenvalue weighted by atomic mass is 19.4. The van der Waals surface area contributed by atoms with E-state index in [1.807, 2.05) is 4.90 Å². The number of hydrogen-bond acceptors (Lipinski definition) is 4. The standard InChI is InChI=1S/C21H17F6N3O/c22-20(23,24)13-1-5-18(12(7-13)10-28)31-17-8-15-3-4-16(9-17)30(15)19-6-2-14(11-29-19)21(25,26)27/h1-2,5-7,11,15-17H,3-4,8-9H2/t15-,16?,17?/m1/s1. The summed E-state index contributed by atoms with van der Waals surface area (Å²) in [4.78, 5) is 5.99. The molecule has 2 aliphatic rings. The Bertz CT molecular complexity index is 982. The normalized spacial score (nSPS) is 23.5. The second-order valence-electron chi connectivity index (χ2n) is 7.73. The summed E-state index contributed by atoms with van der Waals surface area (Å²) in [6, 6.07) is 6.91. The molecule has 0 spiro atoms. The van der Waals surface area contributed by atoms with Gasteiger partial charge in [0.25, 0.3) is 0 Å². The summed E-state index contributed by atoms with van der Waals surface area (Å²) >= 11 is 0. The van der Waals surface area contributed by atoms with Crippen LogP contribution < -0.4 is 9.64 Å². The van der Waals surface area contributed by atoms with Gasteiger partial charge in [-0.05, 0) is 43.2 Å². The second-order valence-corrected chi connectivity index (χ2v) is 7.73. The Morgan fingerprint density at radius 2 is 1.55 bits per heavy atom. The van der Waals surface area contributed by atoms with Crippen LogP contribution in [0.2, 0.25) is 0 Å². The van der Waals surface area contributed by atoms with Gasteiger partial charge in [-0.1, -0.05) is 0 Å². The van der Waals surface area contributed by atoms with Crippen LogP contribution in [0.4, 0.5) is 32.2 Å². The number of nitrogens with zero attached hydrogens (tertiary/aromatic N) is 3. The van der Waals surface area contributed by atoms with Gasteiger partial charge in [0.05, 0.1) is 16.7 Å². The van der Waals surface area contributed by atoms with Crippen molar-refractivity contribution < 1.29 is 31.1 Å². The first-order valence-corrected chi connectivity index (χ1v) is 9.66. The van der Waals surface area contributed by atoms with E-state index in [2.05, 4.69) is 4.98 Å². The lowest BCUT2D eigenvalue weighted by atomic mass is 9.99. The van der Waals surface area contributed by atoms with Crippen molar-refractivity contribution in [2.75, 3.05) is 4.90 Å². The Kier molecular flexibility index (Phi) is 5.23. The van der Waals surface area contributed by atoms with E-state index in [-0.39, 0.29) is 29.5 Å². The molecule has 2 fully saturated rings. The number of hydrogen-bond donors (Lipinski definition) is 0. The van der Waals surface area contributed by atoms with Gasteiger partial charge >= 0.3 is 12.4 Å². The number of anilines is 1. The molecule has 4 rings (SSSR count). The topological polar surface area (TPSA) is 49.1 Å². The van der Waals surface area contributed by atoms with Gasteiger partial charge < -0.3 is 9.64 Å². The Balaban J connectivity index is 1.48. The van der Waals surface area contributed by atoms with Gasteiger partial charge in [0.1, 0.15) is 23.7 Å². The maximum absolute atomic E-state index is 12.9. The predicted octanol–water partition coefficient (Wildman–Crippen LogP) is 5.57. The molecule has 1 aromatic heterocycles. The summed E-state index contributed by atoms with van der Waals surface area (Å²) in [6.07, 6.45) is -5.81. The van der Waals surface area contributed by atoms with Crippen molar-refractivity contribution in [1.82, 2.24) is 4.98 Å². The van der Waals surface area contributed by atoms with E-state index in [1.165, 1.54) is 6.07 Å². The number of pyridine rings is 1. The van der Waals surface area contributed by atoms with Crippen LogP contribution in [0.3, 0.4) is 0 Å². The van der Waals surface area contributed by atoms with Crippen molar-refractivity contribution in [3.05, 3.63) is 53.2 Å². The first-order valence-electron chi connectivity index (χ1n) is 9.66. The number of ether oxygens (including phenoxy) is 1.